The lowest BCUT2D eigenvalue weighted by molar-refractivity contribution is 0.636. The Hall–Kier alpha value is -1.57. The molecule has 1 N–H and O–H groups in total. The normalized spacial score (nSPS) is 11.4. The molecule has 0 aliphatic rings. The molecule has 2 aromatic rings. The Kier molecular flexibility index (Phi) is 3.05. The maximum Gasteiger partial charge on any atom is 0.189 e. The average Bonchev–Trinajstić information content (AvgIpc) is 2.13. The minimum absolute atomic E-state index is 0.131. The molecule has 0 saturated heterocycles. The van der Waals surface area contributed by atoms with Crippen molar-refractivity contribution in [3.05, 3.63) is 45.2 Å². The second-order valence-corrected chi connectivity index (χ2v) is 5.26. The monoisotopic (exact) mass is 229 g/mol. The van der Waals surface area contributed by atoms with Crippen molar-refractivity contribution in [2.75, 3.05) is 0 Å². The van der Waals surface area contributed by atoms with Gasteiger partial charge in [-0.3, -0.25) is 4.79 Å². The van der Waals surface area contributed by atoms with Crippen molar-refractivity contribution in [1.82, 2.24) is 4.98 Å². The van der Waals surface area contributed by atoms with Gasteiger partial charge in [-0.2, -0.15) is 0 Å². The highest BCUT2D eigenvalue weighted by Crippen LogP contribution is 2.16. The van der Waals surface area contributed by atoms with Gasteiger partial charge in [0, 0.05) is 22.7 Å². The highest BCUT2D eigenvalue weighted by Gasteiger charge is 2.06. The van der Waals surface area contributed by atoms with Crippen LogP contribution in [0.4, 0.5) is 0 Å². The standard InChI is InChI=1S/C15H19NO/c1-9(2)5-12-8-14(17)15-11(4)6-10(3)7-13(15)16-12/h6-9H,5H2,1-4H3,(H,16,17). The SMILES string of the molecule is Cc1cc(C)c2c(=O)cc(CC(C)C)[nH]c2c1. The van der Waals surface area contributed by atoms with Crippen LogP contribution >= 0.6 is 0 Å². The molecule has 0 amide bonds. The fourth-order valence-electron chi connectivity index (χ4n) is 2.38. The number of hydrogen-bond acceptors (Lipinski definition) is 1. The Labute approximate surface area is 102 Å². The molecule has 1 aromatic carbocycles. The first-order valence-corrected chi connectivity index (χ1v) is 6.10. The van der Waals surface area contributed by atoms with Gasteiger partial charge in [-0.1, -0.05) is 19.9 Å². The van der Waals surface area contributed by atoms with E-state index in [1.54, 1.807) is 6.07 Å². The molecule has 0 aliphatic heterocycles. The van der Waals surface area contributed by atoms with Gasteiger partial charge in [-0.15, -0.1) is 0 Å². The van der Waals surface area contributed by atoms with Gasteiger partial charge in [0.2, 0.25) is 0 Å². The van der Waals surface area contributed by atoms with E-state index in [-0.39, 0.29) is 5.43 Å². The first kappa shape index (κ1) is 11.9. The number of benzene rings is 1. The number of pyridine rings is 1. The summed E-state index contributed by atoms with van der Waals surface area (Å²) in [7, 11) is 0. The van der Waals surface area contributed by atoms with Gasteiger partial charge < -0.3 is 4.98 Å². The van der Waals surface area contributed by atoms with Crippen LogP contribution in [0.15, 0.2) is 23.0 Å². The zero-order valence-corrected chi connectivity index (χ0v) is 10.9. The van der Waals surface area contributed by atoms with E-state index in [4.69, 9.17) is 0 Å². The molecule has 2 rings (SSSR count). The molecule has 1 heterocycles. The van der Waals surface area contributed by atoms with Crippen LogP contribution < -0.4 is 5.43 Å². The number of fused-ring (bicyclic) bond motifs is 1. The molecule has 90 valence electrons. The lowest BCUT2D eigenvalue weighted by atomic mass is 10.0. The third-order valence-electron chi connectivity index (χ3n) is 2.95. The minimum Gasteiger partial charge on any atom is -0.358 e. The molecule has 0 fully saturated rings. The van der Waals surface area contributed by atoms with Crippen molar-refractivity contribution in [1.29, 1.82) is 0 Å². The predicted molar refractivity (Wildman–Crippen MR) is 72.6 cm³/mol. The van der Waals surface area contributed by atoms with Gasteiger partial charge in [-0.05, 0) is 43.4 Å². The number of aromatic nitrogens is 1. The van der Waals surface area contributed by atoms with E-state index >= 15 is 0 Å². The molecule has 0 bridgehead atoms. The largest absolute Gasteiger partial charge is 0.358 e. The highest BCUT2D eigenvalue weighted by atomic mass is 16.1. The van der Waals surface area contributed by atoms with Crippen molar-refractivity contribution >= 4 is 10.9 Å². The topological polar surface area (TPSA) is 32.9 Å². The van der Waals surface area contributed by atoms with E-state index < -0.39 is 0 Å². The Balaban J connectivity index is 2.69. The summed E-state index contributed by atoms with van der Waals surface area (Å²) < 4.78 is 0. The second-order valence-electron chi connectivity index (χ2n) is 5.26. The van der Waals surface area contributed by atoms with E-state index in [1.165, 1.54) is 5.56 Å². The van der Waals surface area contributed by atoms with Gasteiger partial charge in [0.25, 0.3) is 0 Å². The Morgan fingerprint density at radius 2 is 1.88 bits per heavy atom. The van der Waals surface area contributed by atoms with Crippen molar-refractivity contribution in [3.63, 3.8) is 0 Å². The van der Waals surface area contributed by atoms with Crippen LogP contribution in [0.2, 0.25) is 0 Å². The van der Waals surface area contributed by atoms with Crippen molar-refractivity contribution in [2.24, 2.45) is 5.92 Å². The summed E-state index contributed by atoms with van der Waals surface area (Å²) in [5.74, 6) is 0.550. The van der Waals surface area contributed by atoms with E-state index in [2.05, 4.69) is 31.8 Å². The lowest BCUT2D eigenvalue weighted by Gasteiger charge is -2.09. The molecular weight excluding hydrogens is 210 g/mol. The number of aryl methyl sites for hydroxylation is 2. The van der Waals surface area contributed by atoms with Gasteiger partial charge in [0.05, 0.1) is 0 Å². The van der Waals surface area contributed by atoms with Gasteiger partial charge in [0.1, 0.15) is 0 Å². The number of rotatable bonds is 2. The zero-order chi connectivity index (χ0) is 12.6. The molecule has 0 saturated carbocycles. The van der Waals surface area contributed by atoms with Crippen LogP contribution in [0.5, 0.6) is 0 Å². The Morgan fingerprint density at radius 1 is 1.18 bits per heavy atom. The number of nitrogens with one attached hydrogen (secondary N) is 1. The Bertz CT molecular complexity index is 608. The quantitative estimate of drug-likeness (QED) is 0.841. The number of H-pyrrole nitrogens is 1. The summed E-state index contributed by atoms with van der Waals surface area (Å²) in [5.41, 5.74) is 4.37. The molecule has 0 unspecified atom stereocenters. The van der Waals surface area contributed by atoms with Crippen LogP contribution in [-0.4, -0.2) is 4.98 Å². The van der Waals surface area contributed by atoms with Gasteiger partial charge in [0.15, 0.2) is 5.43 Å². The summed E-state index contributed by atoms with van der Waals surface area (Å²) in [6.07, 6.45) is 0.915. The third-order valence-corrected chi connectivity index (χ3v) is 2.95. The van der Waals surface area contributed by atoms with E-state index in [0.717, 1.165) is 28.6 Å². The minimum atomic E-state index is 0.131. The van der Waals surface area contributed by atoms with E-state index in [9.17, 15) is 4.79 Å². The highest BCUT2D eigenvalue weighted by molar-refractivity contribution is 5.82. The van der Waals surface area contributed by atoms with Crippen LogP contribution in [0.3, 0.4) is 0 Å². The lowest BCUT2D eigenvalue weighted by Crippen LogP contribution is -2.08. The molecule has 17 heavy (non-hydrogen) atoms. The average molecular weight is 229 g/mol. The second kappa shape index (κ2) is 4.36. The van der Waals surface area contributed by atoms with Gasteiger partial charge in [-0.25, -0.2) is 0 Å². The maximum atomic E-state index is 12.1. The third kappa shape index (κ3) is 2.41. The molecule has 0 atom stereocenters. The summed E-state index contributed by atoms with van der Waals surface area (Å²) in [5, 5.41) is 0.822. The van der Waals surface area contributed by atoms with Crippen LogP contribution in [0.1, 0.15) is 30.7 Å². The fraction of sp³-hybridized carbons (Fsp3) is 0.400. The first-order chi connectivity index (χ1) is 7.97. The summed E-state index contributed by atoms with van der Waals surface area (Å²) in [6.45, 7) is 8.36. The zero-order valence-electron chi connectivity index (χ0n) is 10.9. The summed E-state index contributed by atoms with van der Waals surface area (Å²) >= 11 is 0. The van der Waals surface area contributed by atoms with E-state index in [1.807, 2.05) is 13.0 Å². The molecule has 0 spiro atoms. The van der Waals surface area contributed by atoms with E-state index in [0.29, 0.717) is 5.92 Å². The Morgan fingerprint density at radius 3 is 2.53 bits per heavy atom. The molecule has 0 radical (unpaired) electrons. The van der Waals surface area contributed by atoms with Crippen molar-refractivity contribution in [3.8, 4) is 0 Å². The molecule has 2 nitrogen and oxygen atoms in total. The van der Waals surface area contributed by atoms with Crippen LogP contribution in [0, 0.1) is 19.8 Å². The van der Waals surface area contributed by atoms with Crippen LogP contribution in [-0.2, 0) is 6.42 Å². The molecule has 1 aromatic heterocycles. The molecule has 2 heteroatoms. The fourth-order valence-corrected chi connectivity index (χ4v) is 2.38. The molecule has 0 aliphatic carbocycles. The van der Waals surface area contributed by atoms with Gasteiger partial charge >= 0.3 is 0 Å². The number of aromatic amines is 1. The first-order valence-electron chi connectivity index (χ1n) is 6.10. The maximum absolute atomic E-state index is 12.1. The predicted octanol–water partition coefficient (Wildman–Crippen LogP) is 3.34. The summed E-state index contributed by atoms with van der Waals surface area (Å²) in [4.78, 5) is 15.5. The summed E-state index contributed by atoms with van der Waals surface area (Å²) in [6, 6.07) is 5.85. The number of hydrogen-bond donors (Lipinski definition) is 1. The molecular formula is C15H19NO. The smallest absolute Gasteiger partial charge is 0.189 e. The van der Waals surface area contributed by atoms with Crippen molar-refractivity contribution in [2.45, 2.75) is 34.1 Å². The van der Waals surface area contributed by atoms with Crippen LogP contribution in [0.25, 0.3) is 10.9 Å². The van der Waals surface area contributed by atoms with Crippen molar-refractivity contribution < 1.29 is 0 Å².